The molecule has 1 aliphatic heterocycles. The highest BCUT2D eigenvalue weighted by atomic mass is 19.4. The molecule has 0 aliphatic carbocycles. The number of carbonyl (C=O) groups is 1. The van der Waals surface area contributed by atoms with Crippen LogP contribution in [-0.2, 0) is 10.9 Å². The van der Waals surface area contributed by atoms with Gasteiger partial charge in [-0.15, -0.1) is 0 Å². The topological polar surface area (TPSA) is 60.3 Å². The predicted octanol–water partition coefficient (Wildman–Crippen LogP) is 3.07. The lowest BCUT2D eigenvalue weighted by Crippen LogP contribution is -2.36. The zero-order valence-corrected chi connectivity index (χ0v) is 14.7. The van der Waals surface area contributed by atoms with E-state index in [1.165, 1.54) is 24.3 Å². The maximum atomic E-state index is 13.0. The van der Waals surface area contributed by atoms with Gasteiger partial charge >= 0.3 is 6.18 Å². The SMILES string of the molecule is Cc1ccc(C(=O)NCC2CCCO2)c(=O)n1-c1cccc(C(F)(F)F)c1. The van der Waals surface area contributed by atoms with E-state index in [-0.39, 0.29) is 23.9 Å². The minimum absolute atomic E-state index is 0.0566. The van der Waals surface area contributed by atoms with Gasteiger partial charge in [0.25, 0.3) is 11.5 Å². The van der Waals surface area contributed by atoms with E-state index in [0.29, 0.717) is 12.3 Å². The number of carbonyl (C=O) groups excluding carboxylic acids is 1. The highest BCUT2D eigenvalue weighted by molar-refractivity contribution is 5.93. The second-order valence-electron chi connectivity index (χ2n) is 6.42. The van der Waals surface area contributed by atoms with Gasteiger partial charge in [0, 0.05) is 24.5 Å². The molecule has 0 saturated carbocycles. The molecule has 1 aromatic heterocycles. The van der Waals surface area contributed by atoms with E-state index in [9.17, 15) is 22.8 Å². The van der Waals surface area contributed by atoms with E-state index in [2.05, 4.69) is 5.32 Å². The third kappa shape index (κ3) is 4.21. The molecule has 144 valence electrons. The first-order chi connectivity index (χ1) is 12.8. The number of pyridine rings is 1. The van der Waals surface area contributed by atoms with Crippen LogP contribution < -0.4 is 10.9 Å². The molecule has 1 fully saturated rings. The Kier molecular flexibility index (Phi) is 5.36. The van der Waals surface area contributed by atoms with Crippen LogP contribution in [0.15, 0.2) is 41.2 Å². The Balaban J connectivity index is 1.92. The van der Waals surface area contributed by atoms with Crippen molar-refractivity contribution in [3.63, 3.8) is 0 Å². The first kappa shape index (κ1) is 19.2. The molecular weight excluding hydrogens is 361 g/mol. The smallest absolute Gasteiger partial charge is 0.376 e. The van der Waals surface area contributed by atoms with Gasteiger partial charge in [0.1, 0.15) is 5.56 Å². The summed E-state index contributed by atoms with van der Waals surface area (Å²) in [6.45, 7) is 2.53. The number of rotatable bonds is 4. The molecule has 1 N–H and O–H groups in total. The van der Waals surface area contributed by atoms with Gasteiger partial charge in [-0.05, 0) is 50.1 Å². The summed E-state index contributed by atoms with van der Waals surface area (Å²) in [5.41, 5.74) is -1.18. The van der Waals surface area contributed by atoms with Gasteiger partial charge in [-0.25, -0.2) is 0 Å². The van der Waals surface area contributed by atoms with Crippen LogP contribution in [0.4, 0.5) is 13.2 Å². The van der Waals surface area contributed by atoms with Crippen molar-refractivity contribution >= 4 is 5.91 Å². The first-order valence-corrected chi connectivity index (χ1v) is 8.57. The number of alkyl halides is 3. The van der Waals surface area contributed by atoms with E-state index < -0.39 is 23.2 Å². The van der Waals surface area contributed by atoms with Crippen molar-refractivity contribution in [2.45, 2.75) is 32.0 Å². The normalized spacial score (nSPS) is 17.1. The summed E-state index contributed by atoms with van der Waals surface area (Å²) in [4.78, 5) is 25.2. The monoisotopic (exact) mass is 380 g/mol. The first-order valence-electron chi connectivity index (χ1n) is 8.57. The predicted molar refractivity (Wildman–Crippen MR) is 93.1 cm³/mol. The van der Waals surface area contributed by atoms with Crippen LogP contribution in [0.3, 0.4) is 0 Å². The molecule has 1 aromatic carbocycles. The average molecular weight is 380 g/mol. The number of hydrogen-bond donors (Lipinski definition) is 1. The van der Waals surface area contributed by atoms with Crippen molar-refractivity contribution in [2.75, 3.05) is 13.2 Å². The fourth-order valence-corrected chi connectivity index (χ4v) is 3.05. The molecular formula is C19H19F3N2O3. The molecule has 0 radical (unpaired) electrons. The molecule has 0 spiro atoms. The van der Waals surface area contributed by atoms with Crippen LogP contribution in [0.1, 0.15) is 34.5 Å². The van der Waals surface area contributed by atoms with Gasteiger partial charge in [-0.3, -0.25) is 14.2 Å². The van der Waals surface area contributed by atoms with Gasteiger partial charge in [0.2, 0.25) is 0 Å². The zero-order chi connectivity index (χ0) is 19.6. The van der Waals surface area contributed by atoms with Crippen LogP contribution in [0.25, 0.3) is 5.69 Å². The van der Waals surface area contributed by atoms with E-state index in [4.69, 9.17) is 4.74 Å². The second-order valence-corrected chi connectivity index (χ2v) is 6.42. The minimum atomic E-state index is -4.52. The summed E-state index contributed by atoms with van der Waals surface area (Å²) in [5, 5.41) is 2.66. The number of benzene rings is 1. The van der Waals surface area contributed by atoms with E-state index in [1.807, 2.05) is 0 Å². The van der Waals surface area contributed by atoms with Gasteiger partial charge in [-0.1, -0.05) is 6.07 Å². The Morgan fingerprint density at radius 3 is 2.74 bits per heavy atom. The summed E-state index contributed by atoms with van der Waals surface area (Å²) in [5.74, 6) is -0.573. The standard InChI is InChI=1S/C19H19F3N2O3/c1-12-7-8-16(17(25)23-11-15-6-3-9-27-15)18(26)24(12)14-5-2-4-13(10-14)19(20,21)22/h2,4-5,7-8,10,15H,3,6,9,11H2,1H3,(H,23,25). The highest BCUT2D eigenvalue weighted by Gasteiger charge is 2.30. The van der Waals surface area contributed by atoms with Crippen molar-refractivity contribution in [1.82, 2.24) is 9.88 Å². The summed E-state index contributed by atoms with van der Waals surface area (Å²) in [6.07, 6.45) is -2.84. The number of aromatic nitrogens is 1. The fourth-order valence-electron chi connectivity index (χ4n) is 3.05. The summed E-state index contributed by atoms with van der Waals surface area (Å²) in [6, 6.07) is 7.37. The fraction of sp³-hybridized carbons (Fsp3) is 0.368. The van der Waals surface area contributed by atoms with Gasteiger partial charge in [0.15, 0.2) is 0 Å². The van der Waals surface area contributed by atoms with E-state index >= 15 is 0 Å². The van der Waals surface area contributed by atoms with Gasteiger partial charge < -0.3 is 10.1 Å². The number of nitrogens with zero attached hydrogens (tertiary/aromatic N) is 1. The maximum Gasteiger partial charge on any atom is 0.416 e. The van der Waals surface area contributed by atoms with Crippen LogP contribution in [-0.4, -0.2) is 29.7 Å². The highest BCUT2D eigenvalue weighted by Crippen LogP contribution is 2.30. The lowest BCUT2D eigenvalue weighted by Gasteiger charge is -2.15. The molecule has 1 saturated heterocycles. The Bertz CT molecular complexity index is 900. The average Bonchev–Trinajstić information content (AvgIpc) is 3.13. The van der Waals surface area contributed by atoms with Gasteiger partial charge in [0.05, 0.1) is 11.7 Å². The Hall–Kier alpha value is -2.61. The molecule has 3 rings (SSSR count). The third-order valence-corrected chi connectivity index (χ3v) is 4.47. The quantitative estimate of drug-likeness (QED) is 0.887. The Morgan fingerprint density at radius 2 is 2.07 bits per heavy atom. The summed E-state index contributed by atoms with van der Waals surface area (Å²) in [7, 11) is 0. The molecule has 1 atom stereocenters. The van der Waals surface area contributed by atoms with Crippen molar-refractivity contribution in [2.24, 2.45) is 0 Å². The second kappa shape index (κ2) is 7.56. The molecule has 5 nitrogen and oxygen atoms in total. The van der Waals surface area contributed by atoms with E-state index in [1.54, 1.807) is 6.92 Å². The molecule has 8 heteroatoms. The third-order valence-electron chi connectivity index (χ3n) is 4.47. The molecule has 0 bridgehead atoms. The summed E-state index contributed by atoms with van der Waals surface area (Å²) >= 11 is 0. The van der Waals surface area contributed by atoms with E-state index in [0.717, 1.165) is 29.5 Å². The lowest BCUT2D eigenvalue weighted by molar-refractivity contribution is -0.137. The molecule has 27 heavy (non-hydrogen) atoms. The molecule has 1 unspecified atom stereocenters. The Labute approximate surface area is 153 Å². The zero-order valence-electron chi connectivity index (χ0n) is 14.7. The van der Waals surface area contributed by atoms with Crippen molar-refractivity contribution in [3.05, 3.63) is 63.6 Å². The summed E-state index contributed by atoms with van der Waals surface area (Å²) < 4.78 is 45.5. The largest absolute Gasteiger partial charge is 0.416 e. The number of ether oxygens (including phenoxy) is 1. The maximum absolute atomic E-state index is 13.0. The molecule has 1 amide bonds. The van der Waals surface area contributed by atoms with Gasteiger partial charge in [-0.2, -0.15) is 13.2 Å². The van der Waals surface area contributed by atoms with Crippen LogP contribution in [0.2, 0.25) is 0 Å². The number of nitrogens with one attached hydrogen (secondary N) is 1. The molecule has 2 heterocycles. The lowest BCUT2D eigenvalue weighted by atomic mass is 10.1. The number of halogens is 3. The Morgan fingerprint density at radius 1 is 1.30 bits per heavy atom. The molecule has 1 aliphatic rings. The van der Waals surface area contributed by atoms with Crippen LogP contribution >= 0.6 is 0 Å². The van der Waals surface area contributed by atoms with Crippen molar-refractivity contribution in [3.8, 4) is 5.69 Å². The van der Waals surface area contributed by atoms with Crippen molar-refractivity contribution < 1.29 is 22.7 Å². The van der Waals surface area contributed by atoms with Crippen molar-refractivity contribution in [1.29, 1.82) is 0 Å². The number of amides is 1. The van der Waals surface area contributed by atoms with Crippen LogP contribution in [0, 0.1) is 6.92 Å². The minimum Gasteiger partial charge on any atom is -0.376 e. The number of hydrogen-bond acceptors (Lipinski definition) is 3. The molecule has 2 aromatic rings. The number of aryl methyl sites for hydroxylation is 1. The van der Waals surface area contributed by atoms with Crippen LogP contribution in [0.5, 0.6) is 0 Å².